The highest BCUT2D eigenvalue weighted by atomic mass is 32.2. The SMILES string of the molecule is O=[N+]([O-])c1ccc(Oc2ccccc2S(=O)(=O)Nc2ccccn2)cc1. The summed E-state index contributed by atoms with van der Waals surface area (Å²) in [6, 6.07) is 16.3. The van der Waals surface area contributed by atoms with Gasteiger partial charge < -0.3 is 4.74 Å². The number of hydrogen-bond acceptors (Lipinski definition) is 6. The van der Waals surface area contributed by atoms with E-state index < -0.39 is 14.9 Å². The maximum Gasteiger partial charge on any atom is 0.269 e. The Labute approximate surface area is 149 Å². The van der Waals surface area contributed by atoms with Gasteiger partial charge in [-0.15, -0.1) is 0 Å². The van der Waals surface area contributed by atoms with Crippen LogP contribution >= 0.6 is 0 Å². The quantitative estimate of drug-likeness (QED) is 0.523. The second kappa shape index (κ2) is 7.19. The highest BCUT2D eigenvalue weighted by Gasteiger charge is 2.20. The van der Waals surface area contributed by atoms with Crippen LogP contribution in [0.4, 0.5) is 11.5 Å². The van der Waals surface area contributed by atoms with Crippen molar-refractivity contribution in [2.75, 3.05) is 4.72 Å². The number of non-ortho nitro benzene ring substituents is 1. The molecular formula is C17H13N3O5S. The first-order valence-electron chi connectivity index (χ1n) is 7.41. The van der Waals surface area contributed by atoms with Crippen molar-refractivity contribution in [3.05, 3.63) is 83.0 Å². The summed E-state index contributed by atoms with van der Waals surface area (Å²) in [5, 5.41) is 10.7. The van der Waals surface area contributed by atoms with Gasteiger partial charge in [0.25, 0.3) is 15.7 Å². The van der Waals surface area contributed by atoms with E-state index in [0.29, 0.717) is 0 Å². The van der Waals surface area contributed by atoms with Gasteiger partial charge in [0.1, 0.15) is 22.2 Å². The Kier molecular flexibility index (Phi) is 4.81. The molecule has 0 spiro atoms. The van der Waals surface area contributed by atoms with Crippen LogP contribution in [-0.2, 0) is 10.0 Å². The van der Waals surface area contributed by atoms with Gasteiger partial charge in [-0.2, -0.15) is 0 Å². The fraction of sp³-hybridized carbons (Fsp3) is 0. The molecule has 0 fully saturated rings. The van der Waals surface area contributed by atoms with Crippen molar-refractivity contribution < 1.29 is 18.1 Å². The number of para-hydroxylation sites is 1. The third-order valence-corrected chi connectivity index (χ3v) is 4.71. The van der Waals surface area contributed by atoms with Crippen LogP contribution in [0.25, 0.3) is 0 Å². The standard InChI is InChI=1S/C17H13N3O5S/c21-20(22)13-8-10-14(11-9-13)25-15-5-1-2-6-16(15)26(23,24)19-17-7-3-4-12-18-17/h1-12H,(H,18,19). The molecule has 0 bridgehead atoms. The van der Waals surface area contributed by atoms with Gasteiger partial charge in [-0.25, -0.2) is 13.4 Å². The van der Waals surface area contributed by atoms with Crippen molar-refractivity contribution in [2.45, 2.75) is 4.90 Å². The molecule has 8 nitrogen and oxygen atoms in total. The first-order chi connectivity index (χ1) is 12.5. The summed E-state index contributed by atoms with van der Waals surface area (Å²) in [4.78, 5) is 14.0. The molecule has 132 valence electrons. The number of hydrogen-bond donors (Lipinski definition) is 1. The van der Waals surface area contributed by atoms with Crippen LogP contribution in [0.3, 0.4) is 0 Å². The zero-order valence-corrected chi connectivity index (χ0v) is 14.1. The predicted molar refractivity (Wildman–Crippen MR) is 94.7 cm³/mol. The molecule has 0 saturated heterocycles. The highest BCUT2D eigenvalue weighted by Crippen LogP contribution is 2.30. The van der Waals surface area contributed by atoms with Crippen molar-refractivity contribution in [3.63, 3.8) is 0 Å². The molecule has 2 aromatic carbocycles. The zero-order valence-electron chi connectivity index (χ0n) is 13.3. The monoisotopic (exact) mass is 371 g/mol. The molecule has 0 aliphatic heterocycles. The fourth-order valence-corrected chi connectivity index (χ4v) is 3.27. The molecule has 0 aliphatic carbocycles. The highest BCUT2D eigenvalue weighted by molar-refractivity contribution is 7.92. The number of benzene rings is 2. The summed E-state index contributed by atoms with van der Waals surface area (Å²) in [7, 11) is -3.93. The van der Waals surface area contributed by atoms with Crippen molar-refractivity contribution in [1.82, 2.24) is 4.98 Å². The van der Waals surface area contributed by atoms with Crippen molar-refractivity contribution in [2.24, 2.45) is 0 Å². The molecule has 0 atom stereocenters. The molecular weight excluding hydrogens is 358 g/mol. The molecule has 0 amide bonds. The summed E-state index contributed by atoms with van der Waals surface area (Å²) < 4.78 is 33.3. The molecule has 0 saturated carbocycles. The summed E-state index contributed by atoms with van der Waals surface area (Å²) in [6.07, 6.45) is 1.47. The maximum atomic E-state index is 12.6. The molecule has 0 radical (unpaired) electrons. The molecule has 3 rings (SSSR count). The average molecular weight is 371 g/mol. The first kappa shape index (κ1) is 17.4. The molecule has 0 unspecified atom stereocenters. The molecule has 9 heteroatoms. The lowest BCUT2D eigenvalue weighted by molar-refractivity contribution is -0.384. The lowest BCUT2D eigenvalue weighted by atomic mass is 10.3. The van der Waals surface area contributed by atoms with E-state index in [4.69, 9.17) is 4.74 Å². The normalized spacial score (nSPS) is 10.9. The van der Waals surface area contributed by atoms with Crippen LogP contribution in [0.15, 0.2) is 77.8 Å². The van der Waals surface area contributed by atoms with Crippen LogP contribution < -0.4 is 9.46 Å². The van der Waals surface area contributed by atoms with Gasteiger partial charge in [0, 0.05) is 18.3 Å². The number of nitrogens with zero attached hydrogens (tertiary/aromatic N) is 2. The molecule has 0 aliphatic rings. The number of rotatable bonds is 6. The number of sulfonamides is 1. The number of anilines is 1. The van der Waals surface area contributed by atoms with Crippen LogP contribution in [0.1, 0.15) is 0 Å². The first-order valence-corrected chi connectivity index (χ1v) is 8.89. The second-order valence-corrected chi connectivity index (χ2v) is 6.77. The van der Waals surface area contributed by atoms with Gasteiger partial charge >= 0.3 is 0 Å². The fourth-order valence-electron chi connectivity index (χ4n) is 2.14. The third-order valence-electron chi connectivity index (χ3n) is 3.32. The van der Waals surface area contributed by atoms with Crippen LogP contribution in [0, 0.1) is 10.1 Å². The van der Waals surface area contributed by atoms with Gasteiger partial charge in [-0.1, -0.05) is 18.2 Å². The van der Waals surface area contributed by atoms with E-state index in [0.717, 1.165) is 0 Å². The summed E-state index contributed by atoms with van der Waals surface area (Å²) in [5.74, 6) is 0.540. The minimum atomic E-state index is -3.93. The van der Waals surface area contributed by atoms with Gasteiger partial charge in [-0.3, -0.25) is 14.8 Å². The van der Waals surface area contributed by atoms with Crippen molar-refractivity contribution >= 4 is 21.5 Å². The van der Waals surface area contributed by atoms with E-state index in [1.54, 1.807) is 24.3 Å². The van der Waals surface area contributed by atoms with Crippen molar-refractivity contribution in [1.29, 1.82) is 0 Å². The average Bonchev–Trinajstić information content (AvgIpc) is 2.63. The molecule has 1 N–H and O–H groups in total. The Morgan fingerprint density at radius 3 is 2.31 bits per heavy atom. The van der Waals surface area contributed by atoms with Gasteiger partial charge in [0.05, 0.1) is 4.92 Å². The van der Waals surface area contributed by atoms with E-state index in [2.05, 4.69) is 9.71 Å². The predicted octanol–water partition coefficient (Wildman–Crippen LogP) is 3.58. The van der Waals surface area contributed by atoms with Gasteiger partial charge in [0.2, 0.25) is 0 Å². The largest absolute Gasteiger partial charge is 0.456 e. The molecule has 26 heavy (non-hydrogen) atoms. The number of nitro benzene ring substituents is 1. The molecule has 1 aromatic heterocycles. The third kappa shape index (κ3) is 3.95. The minimum absolute atomic E-state index is 0.0796. The van der Waals surface area contributed by atoms with E-state index >= 15 is 0 Å². The summed E-state index contributed by atoms with van der Waals surface area (Å²) in [5.41, 5.74) is -0.0879. The smallest absolute Gasteiger partial charge is 0.269 e. The Balaban J connectivity index is 1.89. The minimum Gasteiger partial charge on any atom is -0.456 e. The Morgan fingerprint density at radius 1 is 0.962 bits per heavy atom. The second-order valence-electron chi connectivity index (χ2n) is 5.12. The van der Waals surface area contributed by atoms with E-state index in [1.165, 1.54) is 48.7 Å². The lowest BCUT2D eigenvalue weighted by Crippen LogP contribution is -2.14. The van der Waals surface area contributed by atoms with E-state index in [-0.39, 0.29) is 27.9 Å². The Morgan fingerprint density at radius 2 is 1.65 bits per heavy atom. The topological polar surface area (TPSA) is 111 Å². The van der Waals surface area contributed by atoms with E-state index in [1.807, 2.05) is 0 Å². The van der Waals surface area contributed by atoms with Gasteiger partial charge in [-0.05, 0) is 36.4 Å². The summed E-state index contributed by atoms with van der Waals surface area (Å²) in [6.45, 7) is 0. The lowest BCUT2D eigenvalue weighted by Gasteiger charge is -2.12. The number of ether oxygens (including phenoxy) is 1. The van der Waals surface area contributed by atoms with Crippen LogP contribution in [-0.4, -0.2) is 18.3 Å². The maximum absolute atomic E-state index is 12.6. The van der Waals surface area contributed by atoms with E-state index in [9.17, 15) is 18.5 Å². The van der Waals surface area contributed by atoms with Gasteiger partial charge in [0.15, 0.2) is 0 Å². The molecule has 1 heterocycles. The van der Waals surface area contributed by atoms with Crippen LogP contribution in [0.5, 0.6) is 11.5 Å². The zero-order chi connectivity index (χ0) is 18.6. The van der Waals surface area contributed by atoms with Crippen LogP contribution in [0.2, 0.25) is 0 Å². The Bertz CT molecular complexity index is 1020. The number of aromatic nitrogens is 1. The Hall–Kier alpha value is -3.46. The number of pyridine rings is 1. The number of nitrogens with one attached hydrogen (secondary N) is 1. The molecule has 3 aromatic rings. The van der Waals surface area contributed by atoms with Crippen molar-refractivity contribution in [3.8, 4) is 11.5 Å². The summed E-state index contributed by atoms with van der Waals surface area (Å²) >= 11 is 0. The number of nitro groups is 1.